The molecule has 0 aromatic carbocycles. The lowest BCUT2D eigenvalue weighted by molar-refractivity contribution is 0.580. The van der Waals surface area contributed by atoms with Crippen molar-refractivity contribution < 1.29 is 0 Å². The largest absolute Gasteiger partial charge is 0.355 e. The van der Waals surface area contributed by atoms with Crippen molar-refractivity contribution in [1.29, 1.82) is 0 Å². The zero-order valence-electron chi connectivity index (χ0n) is 10.3. The van der Waals surface area contributed by atoms with Crippen LogP contribution in [0.1, 0.15) is 19.5 Å². The molecule has 1 heterocycles. The first-order valence-electron chi connectivity index (χ1n) is 5.49. The Labute approximate surface area is 97.4 Å². The molecule has 0 bridgehead atoms. The number of rotatable bonds is 6. The lowest BCUT2D eigenvalue weighted by Crippen LogP contribution is -2.23. The highest BCUT2D eigenvalue weighted by Crippen LogP contribution is 2.06. The molecular weight excluding hydrogens is 200 g/mol. The molecule has 0 aliphatic rings. The standard InChI is InChI=1S/C12H20N4/c1-5-6-16(4)12-9-14-11(8-15-12)7-13-10(2)3/h5,8-10,13H,1,6-7H2,2-4H3. The van der Waals surface area contributed by atoms with Gasteiger partial charge in [0, 0.05) is 26.2 Å². The smallest absolute Gasteiger partial charge is 0.147 e. The molecule has 4 heteroatoms. The summed E-state index contributed by atoms with van der Waals surface area (Å²) in [6.07, 6.45) is 5.45. The zero-order valence-corrected chi connectivity index (χ0v) is 10.3. The lowest BCUT2D eigenvalue weighted by atomic mass is 10.3. The van der Waals surface area contributed by atoms with Gasteiger partial charge in [-0.25, -0.2) is 4.98 Å². The highest BCUT2D eigenvalue weighted by atomic mass is 15.2. The highest BCUT2D eigenvalue weighted by molar-refractivity contribution is 5.35. The minimum absolute atomic E-state index is 0.463. The molecule has 88 valence electrons. The Morgan fingerprint density at radius 1 is 1.44 bits per heavy atom. The summed E-state index contributed by atoms with van der Waals surface area (Å²) in [6.45, 7) is 9.45. The second-order valence-electron chi connectivity index (χ2n) is 4.07. The van der Waals surface area contributed by atoms with E-state index >= 15 is 0 Å². The van der Waals surface area contributed by atoms with Gasteiger partial charge in [-0.1, -0.05) is 19.9 Å². The first-order chi connectivity index (χ1) is 7.63. The van der Waals surface area contributed by atoms with Crippen LogP contribution in [-0.4, -0.2) is 29.6 Å². The molecule has 1 aromatic rings. The third-order valence-electron chi connectivity index (χ3n) is 2.18. The molecule has 0 unspecified atom stereocenters. The summed E-state index contributed by atoms with van der Waals surface area (Å²) >= 11 is 0. The van der Waals surface area contributed by atoms with E-state index in [1.807, 2.05) is 24.2 Å². The number of nitrogens with zero attached hydrogens (tertiary/aromatic N) is 3. The number of anilines is 1. The number of hydrogen-bond acceptors (Lipinski definition) is 4. The predicted octanol–water partition coefficient (Wildman–Crippen LogP) is 1.60. The summed E-state index contributed by atoms with van der Waals surface area (Å²) in [5.41, 5.74) is 0.962. The van der Waals surface area contributed by atoms with Crippen LogP contribution >= 0.6 is 0 Å². The molecule has 16 heavy (non-hydrogen) atoms. The molecule has 0 spiro atoms. The van der Waals surface area contributed by atoms with E-state index < -0.39 is 0 Å². The average molecular weight is 220 g/mol. The Morgan fingerprint density at radius 2 is 2.19 bits per heavy atom. The molecule has 0 aliphatic carbocycles. The highest BCUT2D eigenvalue weighted by Gasteiger charge is 2.02. The molecule has 1 N–H and O–H groups in total. The minimum atomic E-state index is 0.463. The molecule has 1 aromatic heterocycles. The molecular formula is C12H20N4. The van der Waals surface area contributed by atoms with E-state index in [1.165, 1.54) is 0 Å². The van der Waals surface area contributed by atoms with E-state index in [-0.39, 0.29) is 0 Å². The van der Waals surface area contributed by atoms with Gasteiger partial charge in [0.2, 0.25) is 0 Å². The first kappa shape index (κ1) is 12.6. The zero-order chi connectivity index (χ0) is 12.0. The van der Waals surface area contributed by atoms with Crippen LogP contribution in [0, 0.1) is 0 Å². The Hall–Kier alpha value is -1.42. The van der Waals surface area contributed by atoms with Crippen LogP contribution < -0.4 is 10.2 Å². The Kier molecular flexibility index (Phi) is 4.92. The summed E-state index contributed by atoms with van der Waals surface area (Å²) in [5, 5.41) is 3.30. The summed E-state index contributed by atoms with van der Waals surface area (Å²) in [5.74, 6) is 0.869. The quantitative estimate of drug-likeness (QED) is 0.739. The van der Waals surface area contributed by atoms with Gasteiger partial charge in [0.25, 0.3) is 0 Å². The lowest BCUT2D eigenvalue weighted by Gasteiger charge is -2.15. The van der Waals surface area contributed by atoms with E-state index in [4.69, 9.17) is 0 Å². The van der Waals surface area contributed by atoms with Crippen LogP contribution in [0.15, 0.2) is 25.0 Å². The predicted molar refractivity (Wildman–Crippen MR) is 67.5 cm³/mol. The Balaban J connectivity index is 2.56. The monoisotopic (exact) mass is 220 g/mol. The molecule has 0 radical (unpaired) electrons. The average Bonchev–Trinajstić information content (AvgIpc) is 2.27. The summed E-state index contributed by atoms with van der Waals surface area (Å²) < 4.78 is 0. The van der Waals surface area contributed by atoms with Crippen molar-refractivity contribution in [3.63, 3.8) is 0 Å². The molecule has 0 atom stereocenters. The van der Waals surface area contributed by atoms with Crippen LogP contribution in [0.2, 0.25) is 0 Å². The number of likely N-dealkylation sites (N-methyl/N-ethyl adjacent to an activating group) is 1. The Bertz CT molecular complexity index is 318. The number of nitrogens with one attached hydrogen (secondary N) is 1. The van der Waals surface area contributed by atoms with Crippen LogP contribution in [0.4, 0.5) is 5.82 Å². The van der Waals surface area contributed by atoms with Gasteiger partial charge >= 0.3 is 0 Å². The van der Waals surface area contributed by atoms with Gasteiger partial charge in [-0.05, 0) is 0 Å². The number of aromatic nitrogens is 2. The van der Waals surface area contributed by atoms with Gasteiger partial charge in [0.1, 0.15) is 5.82 Å². The van der Waals surface area contributed by atoms with E-state index in [0.29, 0.717) is 6.04 Å². The Morgan fingerprint density at radius 3 is 2.69 bits per heavy atom. The third kappa shape index (κ3) is 3.98. The van der Waals surface area contributed by atoms with Crippen molar-refractivity contribution in [3.8, 4) is 0 Å². The fraction of sp³-hybridized carbons (Fsp3) is 0.500. The fourth-order valence-corrected chi connectivity index (χ4v) is 1.23. The third-order valence-corrected chi connectivity index (χ3v) is 2.18. The SMILES string of the molecule is C=CCN(C)c1cnc(CNC(C)C)cn1. The first-order valence-corrected chi connectivity index (χ1v) is 5.49. The topological polar surface area (TPSA) is 41.1 Å². The van der Waals surface area contributed by atoms with Crippen LogP contribution in [0.5, 0.6) is 0 Å². The molecule has 1 rings (SSSR count). The molecule has 0 saturated heterocycles. The summed E-state index contributed by atoms with van der Waals surface area (Å²) in [6, 6.07) is 0.463. The molecule has 0 amide bonds. The van der Waals surface area contributed by atoms with Crippen LogP contribution in [0.25, 0.3) is 0 Å². The van der Waals surface area contributed by atoms with E-state index in [0.717, 1.165) is 24.6 Å². The van der Waals surface area contributed by atoms with Crippen molar-refractivity contribution in [1.82, 2.24) is 15.3 Å². The van der Waals surface area contributed by atoms with Crippen molar-refractivity contribution in [3.05, 3.63) is 30.7 Å². The van der Waals surface area contributed by atoms with Gasteiger partial charge in [-0.3, -0.25) is 4.98 Å². The maximum absolute atomic E-state index is 4.35. The molecule has 0 saturated carbocycles. The summed E-state index contributed by atoms with van der Waals surface area (Å²) in [7, 11) is 1.97. The maximum atomic E-state index is 4.35. The van der Waals surface area contributed by atoms with Gasteiger partial charge in [-0.15, -0.1) is 6.58 Å². The van der Waals surface area contributed by atoms with Gasteiger partial charge in [0.05, 0.1) is 18.1 Å². The van der Waals surface area contributed by atoms with Gasteiger partial charge in [-0.2, -0.15) is 0 Å². The van der Waals surface area contributed by atoms with Crippen molar-refractivity contribution in [2.24, 2.45) is 0 Å². The van der Waals surface area contributed by atoms with Gasteiger partial charge < -0.3 is 10.2 Å². The number of hydrogen-bond donors (Lipinski definition) is 1. The van der Waals surface area contributed by atoms with E-state index in [2.05, 4.69) is 35.7 Å². The molecule has 0 fully saturated rings. The van der Waals surface area contributed by atoms with Gasteiger partial charge in [0.15, 0.2) is 0 Å². The fourth-order valence-electron chi connectivity index (χ4n) is 1.23. The van der Waals surface area contributed by atoms with Crippen molar-refractivity contribution in [2.75, 3.05) is 18.5 Å². The summed E-state index contributed by atoms with van der Waals surface area (Å²) in [4.78, 5) is 10.7. The molecule has 0 aliphatic heterocycles. The van der Waals surface area contributed by atoms with E-state index in [9.17, 15) is 0 Å². The van der Waals surface area contributed by atoms with Crippen molar-refractivity contribution in [2.45, 2.75) is 26.4 Å². The molecule has 4 nitrogen and oxygen atoms in total. The van der Waals surface area contributed by atoms with Crippen LogP contribution in [-0.2, 0) is 6.54 Å². The minimum Gasteiger partial charge on any atom is -0.355 e. The van der Waals surface area contributed by atoms with Crippen molar-refractivity contribution >= 4 is 5.82 Å². The van der Waals surface area contributed by atoms with E-state index in [1.54, 1.807) is 6.20 Å². The second kappa shape index (κ2) is 6.23. The second-order valence-corrected chi connectivity index (χ2v) is 4.07. The maximum Gasteiger partial charge on any atom is 0.147 e. The van der Waals surface area contributed by atoms with Crippen LogP contribution in [0.3, 0.4) is 0 Å². The normalized spacial score (nSPS) is 10.5.